The summed E-state index contributed by atoms with van der Waals surface area (Å²) in [7, 11) is 0. The number of benzene rings is 2. The molecule has 19 heavy (non-hydrogen) atoms. The highest BCUT2D eigenvalue weighted by Crippen LogP contribution is 2.33. The molecule has 0 fully saturated rings. The summed E-state index contributed by atoms with van der Waals surface area (Å²) in [5.74, 6) is -0.284. The topological polar surface area (TPSA) is 32.3 Å². The third-order valence-corrected chi connectivity index (χ3v) is 3.68. The lowest BCUT2D eigenvalue weighted by molar-refractivity contribution is 0.125. The van der Waals surface area contributed by atoms with Crippen molar-refractivity contribution in [2.75, 3.05) is 6.54 Å². The largest absolute Gasteiger partial charge is 0.386 e. The fourth-order valence-corrected chi connectivity index (χ4v) is 2.67. The summed E-state index contributed by atoms with van der Waals surface area (Å²) in [6, 6.07) is 14.1. The van der Waals surface area contributed by atoms with Gasteiger partial charge in [-0.1, -0.05) is 36.4 Å². The molecule has 2 aromatic rings. The third kappa shape index (κ3) is 2.39. The molecular weight excluding hydrogens is 241 g/mol. The molecule has 1 aliphatic rings. The molecule has 3 heteroatoms. The van der Waals surface area contributed by atoms with E-state index < -0.39 is 6.10 Å². The minimum absolute atomic E-state index is 0.129. The second-order valence-electron chi connectivity index (χ2n) is 4.88. The van der Waals surface area contributed by atoms with Gasteiger partial charge in [0.15, 0.2) is 0 Å². The molecule has 2 aromatic carbocycles. The number of nitrogens with one attached hydrogen (secondary N) is 1. The second-order valence-corrected chi connectivity index (χ2v) is 4.88. The summed E-state index contributed by atoms with van der Waals surface area (Å²) in [5, 5.41) is 13.8. The molecule has 2 unspecified atom stereocenters. The molecule has 0 spiro atoms. The Morgan fingerprint density at radius 1 is 1.11 bits per heavy atom. The summed E-state index contributed by atoms with van der Waals surface area (Å²) >= 11 is 0. The highest BCUT2D eigenvalue weighted by molar-refractivity contribution is 5.35. The van der Waals surface area contributed by atoms with Crippen LogP contribution in [0.15, 0.2) is 48.5 Å². The number of hydrogen-bond donors (Lipinski definition) is 2. The monoisotopic (exact) mass is 257 g/mol. The Labute approximate surface area is 111 Å². The van der Waals surface area contributed by atoms with Crippen LogP contribution in [-0.2, 0) is 6.42 Å². The predicted octanol–water partition coefficient (Wildman–Crippen LogP) is 2.75. The van der Waals surface area contributed by atoms with Crippen LogP contribution in [-0.4, -0.2) is 11.7 Å². The van der Waals surface area contributed by atoms with Crippen molar-refractivity contribution in [1.82, 2.24) is 5.32 Å². The summed E-state index contributed by atoms with van der Waals surface area (Å²) < 4.78 is 12.9. The van der Waals surface area contributed by atoms with Crippen LogP contribution in [0.5, 0.6) is 0 Å². The van der Waals surface area contributed by atoms with Gasteiger partial charge in [0.2, 0.25) is 0 Å². The molecule has 1 heterocycles. The molecule has 0 radical (unpaired) electrons. The van der Waals surface area contributed by atoms with E-state index in [-0.39, 0.29) is 11.9 Å². The van der Waals surface area contributed by atoms with Crippen molar-refractivity contribution in [2.24, 2.45) is 0 Å². The lowest BCUT2D eigenvalue weighted by Gasteiger charge is -2.30. The van der Waals surface area contributed by atoms with Gasteiger partial charge in [-0.25, -0.2) is 4.39 Å². The first-order chi connectivity index (χ1) is 9.25. The zero-order valence-electron chi connectivity index (χ0n) is 10.5. The molecule has 0 saturated carbocycles. The molecule has 2 atom stereocenters. The number of hydrogen-bond acceptors (Lipinski definition) is 2. The zero-order valence-corrected chi connectivity index (χ0v) is 10.5. The number of halogens is 1. The third-order valence-electron chi connectivity index (χ3n) is 3.68. The summed E-state index contributed by atoms with van der Waals surface area (Å²) in [6.07, 6.45) is 0.310. The highest BCUT2D eigenvalue weighted by atomic mass is 19.1. The van der Waals surface area contributed by atoms with Crippen LogP contribution in [0.3, 0.4) is 0 Å². The molecule has 98 valence electrons. The van der Waals surface area contributed by atoms with Gasteiger partial charge in [0.1, 0.15) is 5.82 Å². The van der Waals surface area contributed by atoms with E-state index in [2.05, 4.69) is 11.4 Å². The summed E-state index contributed by atoms with van der Waals surface area (Å²) in [4.78, 5) is 0. The van der Waals surface area contributed by atoms with Crippen molar-refractivity contribution in [3.63, 3.8) is 0 Å². The van der Waals surface area contributed by atoms with Crippen LogP contribution in [0.1, 0.15) is 28.8 Å². The van der Waals surface area contributed by atoms with Crippen LogP contribution < -0.4 is 5.32 Å². The lowest BCUT2D eigenvalue weighted by Crippen LogP contribution is -2.33. The minimum Gasteiger partial charge on any atom is -0.386 e. The quantitative estimate of drug-likeness (QED) is 0.867. The van der Waals surface area contributed by atoms with E-state index in [4.69, 9.17) is 0 Å². The van der Waals surface area contributed by atoms with E-state index >= 15 is 0 Å². The van der Waals surface area contributed by atoms with Gasteiger partial charge in [-0.15, -0.1) is 0 Å². The Morgan fingerprint density at radius 2 is 1.84 bits per heavy atom. The van der Waals surface area contributed by atoms with E-state index in [0.29, 0.717) is 0 Å². The maximum absolute atomic E-state index is 12.9. The highest BCUT2D eigenvalue weighted by Gasteiger charge is 2.26. The number of rotatable bonds is 2. The van der Waals surface area contributed by atoms with Gasteiger partial charge in [-0.2, -0.15) is 0 Å². The molecule has 2 N–H and O–H groups in total. The predicted molar refractivity (Wildman–Crippen MR) is 72.2 cm³/mol. The SMILES string of the molecule is OC(c1ccc(F)cc1)C1NCCc2ccccc21. The van der Waals surface area contributed by atoms with E-state index in [1.807, 2.05) is 18.2 Å². The Bertz CT molecular complexity index is 567. The van der Waals surface area contributed by atoms with Crippen molar-refractivity contribution in [3.8, 4) is 0 Å². The van der Waals surface area contributed by atoms with Crippen molar-refractivity contribution >= 4 is 0 Å². The van der Waals surface area contributed by atoms with Gasteiger partial charge in [0.25, 0.3) is 0 Å². The molecular formula is C16H16FNO. The molecule has 0 bridgehead atoms. The Hall–Kier alpha value is -1.71. The first kappa shape index (κ1) is 12.3. The Morgan fingerprint density at radius 3 is 2.63 bits per heavy atom. The van der Waals surface area contributed by atoms with Crippen molar-refractivity contribution in [2.45, 2.75) is 18.6 Å². The van der Waals surface area contributed by atoms with Crippen molar-refractivity contribution in [1.29, 1.82) is 0 Å². The van der Waals surface area contributed by atoms with Gasteiger partial charge in [-0.05, 0) is 41.8 Å². The van der Waals surface area contributed by atoms with E-state index in [0.717, 1.165) is 24.1 Å². The molecule has 1 aliphatic heterocycles. The normalized spacial score (nSPS) is 19.8. The number of fused-ring (bicyclic) bond motifs is 1. The standard InChI is InChI=1S/C16H16FNO/c17-13-7-5-12(6-8-13)16(19)15-14-4-2-1-3-11(14)9-10-18-15/h1-8,15-16,18-19H,9-10H2. The van der Waals surface area contributed by atoms with Crippen LogP contribution >= 0.6 is 0 Å². The Kier molecular flexibility index (Phi) is 3.32. The molecule has 2 nitrogen and oxygen atoms in total. The first-order valence-corrected chi connectivity index (χ1v) is 6.50. The van der Waals surface area contributed by atoms with Crippen LogP contribution in [0.4, 0.5) is 4.39 Å². The molecule has 0 saturated heterocycles. The molecule has 0 aromatic heterocycles. The van der Waals surface area contributed by atoms with Gasteiger partial charge < -0.3 is 10.4 Å². The fraction of sp³-hybridized carbons (Fsp3) is 0.250. The summed E-state index contributed by atoms with van der Waals surface area (Å²) in [5.41, 5.74) is 3.13. The maximum atomic E-state index is 12.9. The zero-order chi connectivity index (χ0) is 13.2. The fourth-order valence-electron chi connectivity index (χ4n) is 2.67. The average Bonchev–Trinajstić information content (AvgIpc) is 2.47. The average molecular weight is 257 g/mol. The van der Waals surface area contributed by atoms with Gasteiger partial charge >= 0.3 is 0 Å². The smallest absolute Gasteiger partial charge is 0.123 e. The Balaban J connectivity index is 1.92. The van der Waals surface area contributed by atoms with Gasteiger partial charge in [-0.3, -0.25) is 0 Å². The number of aliphatic hydroxyl groups excluding tert-OH is 1. The lowest BCUT2D eigenvalue weighted by atomic mass is 9.88. The summed E-state index contributed by atoms with van der Waals surface area (Å²) in [6.45, 7) is 0.847. The van der Waals surface area contributed by atoms with Crippen molar-refractivity contribution in [3.05, 3.63) is 71.0 Å². The second kappa shape index (κ2) is 5.11. The maximum Gasteiger partial charge on any atom is 0.123 e. The molecule has 0 amide bonds. The van der Waals surface area contributed by atoms with Crippen LogP contribution in [0.2, 0.25) is 0 Å². The van der Waals surface area contributed by atoms with Crippen LogP contribution in [0, 0.1) is 5.82 Å². The molecule has 3 rings (SSSR count). The van der Waals surface area contributed by atoms with E-state index in [9.17, 15) is 9.50 Å². The van der Waals surface area contributed by atoms with Crippen molar-refractivity contribution < 1.29 is 9.50 Å². The van der Waals surface area contributed by atoms with E-state index in [1.165, 1.54) is 17.7 Å². The van der Waals surface area contributed by atoms with E-state index in [1.54, 1.807) is 12.1 Å². The van der Waals surface area contributed by atoms with Gasteiger partial charge in [0.05, 0.1) is 12.1 Å². The van der Waals surface area contributed by atoms with Gasteiger partial charge in [0, 0.05) is 0 Å². The number of aliphatic hydroxyl groups is 1. The first-order valence-electron chi connectivity index (χ1n) is 6.50. The van der Waals surface area contributed by atoms with Crippen LogP contribution in [0.25, 0.3) is 0 Å². The minimum atomic E-state index is -0.665. The molecule has 0 aliphatic carbocycles.